The summed E-state index contributed by atoms with van der Waals surface area (Å²) in [4.78, 5) is 13.8. The number of aliphatic hydroxyl groups is 1. The minimum atomic E-state index is -0.295. The molecule has 0 fully saturated rings. The highest BCUT2D eigenvalue weighted by atomic mass is 16.5. The molecule has 0 saturated carbocycles. The van der Waals surface area contributed by atoms with Crippen LogP contribution >= 0.6 is 0 Å². The maximum absolute atomic E-state index is 11.4. The van der Waals surface area contributed by atoms with E-state index in [1.54, 1.807) is 6.20 Å². The van der Waals surface area contributed by atoms with Gasteiger partial charge in [0, 0.05) is 11.8 Å². The molecule has 0 aliphatic heterocycles. The zero-order valence-electron chi connectivity index (χ0n) is 7.52. The molecular formula is C8H9N3O3. The fourth-order valence-corrected chi connectivity index (χ4v) is 1.38. The standard InChI is InChI=1S/C8H9N3O3/c1-14-7-5(3-12)2-11-6(7)8(13)9-4-10-11/h2,4,12H,3H2,1H3,(H,9,10,13). The number of aromatic amines is 1. The summed E-state index contributed by atoms with van der Waals surface area (Å²) < 4.78 is 6.41. The van der Waals surface area contributed by atoms with Crippen LogP contribution in [-0.4, -0.2) is 26.8 Å². The first kappa shape index (κ1) is 8.76. The molecule has 0 aliphatic rings. The van der Waals surface area contributed by atoms with Crippen LogP contribution in [0, 0.1) is 0 Å². The molecule has 6 nitrogen and oxygen atoms in total. The van der Waals surface area contributed by atoms with Crippen LogP contribution in [0.1, 0.15) is 5.56 Å². The molecule has 2 heterocycles. The Labute approximate surface area is 78.8 Å². The van der Waals surface area contributed by atoms with Crippen molar-refractivity contribution in [3.63, 3.8) is 0 Å². The van der Waals surface area contributed by atoms with Crippen molar-refractivity contribution in [2.24, 2.45) is 0 Å². The van der Waals surface area contributed by atoms with Crippen LogP contribution in [-0.2, 0) is 6.61 Å². The lowest BCUT2D eigenvalue weighted by Crippen LogP contribution is -2.10. The molecule has 6 heteroatoms. The Balaban J connectivity index is 2.88. The number of H-pyrrole nitrogens is 1. The summed E-state index contributed by atoms with van der Waals surface area (Å²) in [5, 5.41) is 12.9. The van der Waals surface area contributed by atoms with Gasteiger partial charge in [0.15, 0.2) is 11.3 Å². The van der Waals surface area contributed by atoms with Gasteiger partial charge in [-0.2, -0.15) is 5.10 Å². The van der Waals surface area contributed by atoms with Crippen LogP contribution in [0.3, 0.4) is 0 Å². The van der Waals surface area contributed by atoms with Gasteiger partial charge in [-0.3, -0.25) is 4.79 Å². The van der Waals surface area contributed by atoms with E-state index in [0.29, 0.717) is 16.8 Å². The van der Waals surface area contributed by atoms with Gasteiger partial charge in [0.2, 0.25) is 0 Å². The molecule has 0 unspecified atom stereocenters. The van der Waals surface area contributed by atoms with Crippen LogP contribution in [0.25, 0.3) is 5.52 Å². The van der Waals surface area contributed by atoms with Crippen LogP contribution in [0.15, 0.2) is 17.3 Å². The van der Waals surface area contributed by atoms with E-state index in [4.69, 9.17) is 9.84 Å². The Bertz CT molecular complexity index is 514. The van der Waals surface area contributed by atoms with E-state index in [9.17, 15) is 4.79 Å². The summed E-state index contributed by atoms with van der Waals surface area (Å²) in [6, 6.07) is 0. The molecule has 0 aliphatic carbocycles. The predicted octanol–water partition coefficient (Wildman–Crippen LogP) is -0.476. The van der Waals surface area contributed by atoms with Gasteiger partial charge in [0.25, 0.3) is 5.56 Å². The second kappa shape index (κ2) is 3.15. The number of hydrogen-bond donors (Lipinski definition) is 2. The van der Waals surface area contributed by atoms with Crippen molar-refractivity contribution in [3.8, 4) is 5.75 Å². The van der Waals surface area contributed by atoms with Gasteiger partial charge >= 0.3 is 0 Å². The molecule has 14 heavy (non-hydrogen) atoms. The largest absolute Gasteiger partial charge is 0.494 e. The normalized spacial score (nSPS) is 10.7. The van der Waals surface area contributed by atoms with E-state index in [2.05, 4.69) is 10.1 Å². The zero-order chi connectivity index (χ0) is 10.1. The van der Waals surface area contributed by atoms with Crippen molar-refractivity contribution >= 4 is 5.52 Å². The number of hydrogen-bond acceptors (Lipinski definition) is 4. The van der Waals surface area contributed by atoms with Crippen molar-refractivity contribution in [1.29, 1.82) is 0 Å². The summed E-state index contributed by atoms with van der Waals surface area (Å²) in [6.45, 7) is -0.189. The summed E-state index contributed by atoms with van der Waals surface area (Å²) >= 11 is 0. The molecule has 74 valence electrons. The second-order valence-electron chi connectivity index (χ2n) is 2.76. The van der Waals surface area contributed by atoms with Gasteiger partial charge in [-0.1, -0.05) is 0 Å². The van der Waals surface area contributed by atoms with Crippen LogP contribution in [0.4, 0.5) is 0 Å². The molecule has 2 rings (SSSR count). The molecule has 0 radical (unpaired) electrons. The Morgan fingerprint density at radius 2 is 2.50 bits per heavy atom. The smallest absolute Gasteiger partial charge is 0.278 e. The SMILES string of the molecule is COc1c(CO)cn2nc[nH]c(=O)c12. The molecule has 2 N–H and O–H groups in total. The summed E-state index contributed by atoms with van der Waals surface area (Å²) in [5.41, 5.74) is 0.548. The predicted molar refractivity (Wildman–Crippen MR) is 48.3 cm³/mol. The van der Waals surface area contributed by atoms with E-state index in [0.717, 1.165) is 0 Å². The van der Waals surface area contributed by atoms with Crippen molar-refractivity contribution in [3.05, 3.63) is 28.4 Å². The molecule has 0 saturated heterocycles. The fourth-order valence-electron chi connectivity index (χ4n) is 1.38. The third-order valence-electron chi connectivity index (χ3n) is 1.98. The first-order chi connectivity index (χ1) is 6.77. The number of aromatic nitrogens is 3. The maximum Gasteiger partial charge on any atom is 0.278 e. The monoisotopic (exact) mass is 195 g/mol. The number of nitrogens with one attached hydrogen (secondary N) is 1. The molecule has 0 amide bonds. The van der Waals surface area contributed by atoms with Crippen molar-refractivity contribution in [2.75, 3.05) is 7.11 Å². The Kier molecular flexibility index (Phi) is 1.97. The number of ether oxygens (including phenoxy) is 1. The number of methoxy groups -OCH3 is 1. The van der Waals surface area contributed by atoms with E-state index >= 15 is 0 Å². The summed E-state index contributed by atoms with van der Waals surface area (Å²) in [7, 11) is 1.45. The van der Waals surface area contributed by atoms with Crippen molar-refractivity contribution < 1.29 is 9.84 Å². The third kappa shape index (κ3) is 1.08. The Hall–Kier alpha value is -1.82. The number of fused-ring (bicyclic) bond motifs is 1. The molecule has 2 aromatic heterocycles. The Morgan fingerprint density at radius 3 is 3.14 bits per heavy atom. The lowest BCUT2D eigenvalue weighted by molar-refractivity contribution is 0.275. The molecule has 0 aromatic carbocycles. The first-order valence-corrected chi connectivity index (χ1v) is 4.00. The molecule has 0 atom stereocenters. The number of rotatable bonds is 2. The molecular weight excluding hydrogens is 186 g/mol. The van der Waals surface area contributed by atoms with Crippen LogP contribution < -0.4 is 10.3 Å². The fraction of sp³-hybridized carbons (Fsp3) is 0.250. The van der Waals surface area contributed by atoms with E-state index < -0.39 is 0 Å². The third-order valence-corrected chi connectivity index (χ3v) is 1.98. The highest BCUT2D eigenvalue weighted by Gasteiger charge is 2.13. The minimum Gasteiger partial charge on any atom is -0.494 e. The van der Waals surface area contributed by atoms with Gasteiger partial charge in [0.05, 0.1) is 13.7 Å². The minimum absolute atomic E-state index is 0.189. The molecule has 2 aromatic rings. The number of nitrogens with zero attached hydrogens (tertiary/aromatic N) is 2. The second-order valence-corrected chi connectivity index (χ2v) is 2.76. The maximum atomic E-state index is 11.4. The zero-order valence-corrected chi connectivity index (χ0v) is 7.52. The van der Waals surface area contributed by atoms with Crippen LogP contribution in [0.5, 0.6) is 5.75 Å². The van der Waals surface area contributed by atoms with Crippen molar-refractivity contribution in [2.45, 2.75) is 6.61 Å². The number of aliphatic hydroxyl groups excluding tert-OH is 1. The lowest BCUT2D eigenvalue weighted by Gasteiger charge is -1.98. The van der Waals surface area contributed by atoms with Gasteiger partial charge in [0.1, 0.15) is 6.33 Å². The van der Waals surface area contributed by atoms with E-state index in [1.807, 2.05) is 0 Å². The first-order valence-electron chi connectivity index (χ1n) is 4.00. The lowest BCUT2D eigenvalue weighted by atomic mass is 10.3. The van der Waals surface area contributed by atoms with Crippen molar-refractivity contribution in [1.82, 2.24) is 14.6 Å². The summed E-state index contributed by atoms with van der Waals surface area (Å²) in [6.07, 6.45) is 2.85. The summed E-state index contributed by atoms with van der Waals surface area (Å²) in [5.74, 6) is 0.363. The van der Waals surface area contributed by atoms with Gasteiger partial charge < -0.3 is 14.8 Å². The average molecular weight is 195 g/mol. The highest BCUT2D eigenvalue weighted by molar-refractivity contribution is 5.62. The molecule has 0 bridgehead atoms. The highest BCUT2D eigenvalue weighted by Crippen LogP contribution is 2.22. The van der Waals surface area contributed by atoms with Gasteiger partial charge in [-0.15, -0.1) is 0 Å². The van der Waals surface area contributed by atoms with E-state index in [-0.39, 0.29) is 12.2 Å². The topological polar surface area (TPSA) is 79.6 Å². The molecule has 0 spiro atoms. The van der Waals surface area contributed by atoms with E-state index in [1.165, 1.54) is 18.0 Å². The van der Waals surface area contributed by atoms with Crippen LogP contribution in [0.2, 0.25) is 0 Å². The average Bonchev–Trinajstić information content (AvgIpc) is 2.56. The van der Waals surface area contributed by atoms with Gasteiger partial charge in [-0.05, 0) is 0 Å². The Morgan fingerprint density at radius 1 is 1.71 bits per heavy atom. The quantitative estimate of drug-likeness (QED) is 0.678. The van der Waals surface area contributed by atoms with Gasteiger partial charge in [-0.25, -0.2) is 4.52 Å².